The monoisotopic (exact) mass is 295 g/mol. The van der Waals surface area contributed by atoms with Gasteiger partial charge in [0.1, 0.15) is 18.2 Å². The summed E-state index contributed by atoms with van der Waals surface area (Å²) in [6.07, 6.45) is 0. The molecule has 3 nitrogen and oxygen atoms in total. The minimum absolute atomic E-state index is 0.0643. The molecule has 2 aromatic carbocycles. The van der Waals surface area contributed by atoms with Gasteiger partial charge in [0.2, 0.25) is 0 Å². The fourth-order valence-electron chi connectivity index (χ4n) is 2.69. The molecule has 1 aliphatic rings. The summed E-state index contributed by atoms with van der Waals surface area (Å²) in [5.41, 5.74) is 4.22. The van der Waals surface area contributed by atoms with Crippen molar-refractivity contribution in [3.8, 4) is 11.8 Å². The molecule has 0 aliphatic carbocycles. The Kier molecular flexibility index (Phi) is 3.66. The quantitative estimate of drug-likeness (QED) is 0.818. The summed E-state index contributed by atoms with van der Waals surface area (Å²) in [7, 11) is 0. The van der Waals surface area contributed by atoms with E-state index in [0.717, 1.165) is 16.7 Å². The molecule has 0 atom stereocenters. The molecule has 4 heteroatoms. The zero-order chi connectivity index (χ0) is 15.7. The highest BCUT2D eigenvalue weighted by atomic mass is 19.1. The van der Waals surface area contributed by atoms with Crippen molar-refractivity contribution >= 4 is 5.57 Å². The van der Waals surface area contributed by atoms with Crippen molar-refractivity contribution in [3.63, 3.8) is 0 Å². The van der Waals surface area contributed by atoms with Gasteiger partial charge in [-0.05, 0) is 47.9 Å². The molecule has 1 aliphatic heterocycles. The van der Waals surface area contributed by atoms with Gasteiger partial charge in [0.15, 0.2) is 0 Å². The van der Waals surface area contributed by atoms with Crippen molar-refractivity contribution in [1.29, 1.82) is 5.26 Å². The Morgan fingerprint density at radius 2 is 2.09 bits per heavy atom. The van der Waals surface area contributed by atoms with E-state index in [0.29, 0.717) is 29.1 Å². The standard InChI is InChI=1S/C18H14FNO2/c1-11(8-20)18-15-4-2-12(9-21)6-13(15)10-22-17-5-3-14(19)7-16(17)18/h2-7,21H,9-10H2,1H3. The third kappa shape index (κ3) is 2.36. The predicted octanol–water partition coefficient (Wildman–Crippen LogP) is 3.56. The molecule has 1 heterocycles. The first kappa shape index (κ1) is 14.3. The molecule has 1 N–H and O–H groups in total. The lowest BCUT2D eigenvalue weighted by Gasteiger charge is -2.12. The molecule has 0 aromatic heterocycles. The minimum atomic E-state index is -0.374. The highest BCUT2D eigenvalue weighted by Gasteiger charge is 2.22. The molecular weight excluding hydrogens is 281 g/mol. The summed E-state index contributed by atoms with van der Waals surface area (Å²) >= 11 is 0. The first-order valence-electron chi connectivity index (χ1n) is 6.90. The highest BCUT2D eigenvalue weighted by molar-refractivity contribution is 5.88. The fourth-order valence-corrected chi connectivity index (χ4v) is 2.69. The Morgan fingerprint density at radius 1 is 1.27 bits per heavy atom. The van der Waals surface area contributed by atoms with Gasteiger partial charge in [-0.15, -0.1) is 0 Å². The number of rotatable bonds is 1. The molecule has 0 bridgehead atoms. The Hall–Kier alpha value is -2.64. The summed E-state index contributed by atoms with van der Waals surface area (Å²) < 4.78 is 19.4. The van der Waals surface area contributed by atoms with E-state index in [1.807, 2.05) is 12.1 Å². The maximum Gasteiger partial charge on any atom is 0.127 e. The first-order chi connectivity index (χ1) is 10.6. The van der Waals surface area contributed by atoms with Crippen LogP contribution in [-0.4, -0.2) is 5.11 Å². The smallest absolute Gasteiger partial charge is 0.127 e. The Bertz CT molecular complexity index is 818. The van der Waals surface area contributed by atoms with Crippen LogP contribution >= 0.6 is 0 Å². The molecule has 0 spiro atoms. The first-order valence-corrected chi connectivity index (χ1v) is 6.90. The molecular formula is C18H14FNO2. The predicted molar refractivity (Wildman–Crippen MR) is 80.4 cm³/mol. The number of halogens is 1. The van der Waals surface area contributed by atoms with E-state index >= 15 is 0 Å². The number of aliphatic hydroxyl groups is 1. The molecule has 0 radical (unpaired) electrons. The van der Waals surface area contributed by atoms with Gasteiger partial charge in [-0.25, -0.2) is 4.39 Å². The van der Waals surface area contributed by atoms with E-state index in [4.69, 9.17) is 4.74 Å². The van der Waals surface area contributed by atoms with Crippen LogP contribution in [-0.2, 0) is 13.2 Å². The van der Waals surface area contributed by atoms with E-state index in [1.54, 1.807) is 19.1 Å². The lowest BCUT2D eigenvalue weighted by atomic mass is 9.90. The number of benzene rings is 2. The van der Waals surface area contributed by atoms with E-state index in [-0.39, 0.29) is 12.4 Å². The highest BCUT2D eigenvalue weighted by Crippen LogP contribution is 2.39. The number of hydrogen-bond acceptors (Lipinski definition) is 3. The maximum atomic E-state index is 13.7. The third-order valence-corrected chi connectivity index (χ3v) is 3.76. The van der Waals surface area contributed by atoms with Gasteiger partial charge in [0.05, 0.1) is 12.7 Å². The van der Waals surface area contributed by atoms with Crippen molar-refractivity contribution in [3.05, 3.63) is 70.0 Å². The van der Waals surface area contributed by atoms with Crippen LogP contribution in [0, 0.1) is 17.1 Å². The number of fused-ring (bicyclic) bond motifs is 2. The van der Waals surface area contributed by atoms with Gasteiger partial charge in [0.25, 0.3) is 0 Å². The second-order valence-electron chi connectivity index (χ2n) is 5.19. The zero-order valence-corrected chi connectivity index (χ0v) is 12.1. The van der Waals surface area contributed by atoms with Crippen molar-refractivity contribution in [2.45, 2.75) is 20.1 Å². The van der Waals surface area contributed by atoms with E-state index < -0.39 is 0 Å². The van der Waals surface area contributed by atoms with Crippen molar-refractivity contribution in [2.75, 3.05) is 0 Å². The number of allylic oxidation sites excluding steroid dienone is 1. The van der Waals surface area contributed by atoms with Crippen LogP contribution in [0.15, 0.2) is 42.0 Å². The fraction of sp³-hybridized carbons (Fsp3) is 0.167. The lowest BCUT2D eigenvalue weighted by molar-refractivity contribution is 0.280. The van der Waals surface area contributed by atoms with E-state index in [9.17, 15) is 14.8 Å². The summed E-state index contributed by atoms with van der Waals surface area (Å²) in [5.74, 6) is 0.175. The third-order valence-electron chi connectivity index (χ3n) is 3.76. The Morgan fingerprint density at radius 3 is 2.82 bits per heavy atom. The van der Waals surface area contributed by atoms with Crippen LogP contribution in [0.2, 0.25) is 0 Å². The minimum Gasteiger partial charge on any atom is -0.488 e. The van der Waals surface area contributed by atoms with Gasteiger partial charge in [-0.3, -0.25) is 0 Å². The Balaban J connectivity index is 2.32. The largest absolute Gasteiger partial charge is 0.488 e. The zero-order valence-electron chi connectivity index (χ0n) is 12.1. The van der Waals surface area contributed by atoms with Crippen LogP contribution in [0.3, 0.4) is 0 Å². The normalized spacial score (nSPS) is 15.0. The molecule has 0 saturated carbocycles. The summed E-state index contributed by atoms with van der Waals surface area (Å²) in [4.78, 5) is 0. The second kappa shape index (κ2) is 5.63. The number of nitriles is 1. The van der Waals surface area contributed by atoms with Crippen LogP contribution in [0.5, 0.6) is 5.75 Å². The maximum absolute atomic E-state index is 13.7. The van der Waals surface area contributed by atoms with Gasteiger partial charge in [-0.1, -0.05) is 12.1 Å². The SMILES string of the molecule is CC(C#N)=C1c2ccc(CO)cc2COc2ccc(F)cc21. The molecule has 0 unspecified atom stereocenters. The molecule has 0 amide bonds. The van der Waals surface area contributed by atoms with Crippen LogP contribution in [0.1, 0.15) is 29.2 Å². The number of nitrogens with zero attached hydrogens (tertiary/aromatic N) is 1. The topological polar surface area (TPSA) is 53.2 Å². The van der Waals surface area contributed by atoms with Gasteiger partial charge in [-0.2, -0.15) is 5.26 Å². The number of ether oxygens (including phenoxy) is 1. The van der Waals surface area contributed by atoms with Gasteiger partial charge < -0.3 is 9.84 Å². The Labute approximate surface area is 127 Å². The van der Waals surface area contributed by atoms with Crippen molar-refractivity contribution < 1.29 is 14.2 Å². The summed E-state index contributed by atoms with van der Waals surface area (Å²) in [6, 6.07) is 11.9. The molecule has 0 fully saturated rings. The lowest BCUT2D eigenvalue weighted by Crippen LogP contribution is -1.98. The summed E-state index contributed by atoms with van der Waals surface area (Å²) in [5, 5.41) is 18.6. The number of aliphatic hydroxyl groups excluding tert-OH is 1. The van der Waals surface area contributed by atoms with Gasteiger partial charge in [0, 0.05) is 16.7 Å². The number of hydrogen-bond donors (Lipinski definition) is 1. The van der Waals surface area contributed by atoms with Crippen molar-refractivity contribution in [2.24, 2.45) is 0 Å². The molecule has 2 aromatic rings. The second-order valence-corrected chi connectivity index (χ2v) is 5.19. The molecule has 0 saturated heterocycles. The van der Waals surface area contributed by atoms with E-state index in [2.05, 4.69) is 6.07 Å². The molecule has 22 heavy (non-hydrogen) atoms. The summed E-state index contributed by atoms with van der Waals surface area (Å²) in [6.45, 7) is 1.95. The molecule has 110 valence electrons. The average molecular weight is 295 g/mol. The van der Waals surface area contributed by atoms with Crippen LogP contribution in [0.4, 0.5) is 4.39 Å². The van der Waals surface area contributed by atoms with Gasteiger partial charge >= 0.3 is 0 Å². The molecule has 3 rings (SSSR count). The van der Waals surface area contributed by atoms with Crippen molar-refractivity contribution in [1.82, 2.24) is 0 Å². The van der Waals surface area contributed by atoms with E-state index in [1.165, 1.54) is 12.1 Å². The van der Waals surface area contributed by atoms with Crippen LogP contribution < -0.4 is 4.74 Å². The van der Waals surface area contributed by atoms with Crippen LogP contribution in [0.25, 0.3) is 5.57 Å². The average Bonchev–Trinajstić information content (AvgIpc) is 2.69.